The molecule has 2 aliphatic carbocycles. The maximum Gasteiger partial charge on any atom is 0.223 e. The Balaban J connectivity index is 1.30. The fraction of sp³-hybridized carbons (Fsp3) is 0.550. The van der Waals surface area contributed by atoms with Crippen LogP contribution in [0.1, 0.15) is 37.9 Å². The van der Waals surface area contributed by atoms with Gasteiger partial charge >= 0.3 is 0 Å². The van der Waals surface area contributed by atoms with Crippen LogP contribution in [0.15, 0.2) is 34.7 Å². The van der Waals surface area contributed by atoms with Crippen molar-refractivity contribution in [1.82, 2.24) is 5.32 Å². The Kier molecular flexibility index (Phi) is 4.31. The number of fused-ring (bicyclic) bond motifs is 3. The summed E-state index contributed by atoms with van der Waals surface area (Å²) in [6, 6.07) is 10.4. The smallest absolute Gasteiger partial charge is 0.223 e. The van der Waals surface area contributed by atoms with E-state index >= 15 is 0 Å². The molecule has 128 valence electrons. The van der Waals surface area contributed by atoms with Crippen molar-refractivity contribution in [3.8, 4) is 0 Å². The van der Waals surface area contributed by atoms with Gasteiger partial charge in [0.1, 0.15) is 11.3 Å². The third-order valence-corrected chi connectivity index (χ3v) is 5.93. The van der Waals surface area contributed by atoms with Gasteiger partial charge in [-0.25, -0.2) is 0 Å². The van der Waals surface area contributed by atoms with E-state index in [9.17, 15) is 4.79 Å². The lowest BCUT2D eigenvalue weighted by Gasteiger charge is -2.43. The summed E-state index contributed by atoms with van der Waals surface area (Å²) in [5.74, 6) is 2.37. The molecule has 2 aromatic rings. The molecule has 4 rings (SSSR count). The average Bonchev–Trinajstić information content (AvgIpc) is 2.97. The van der Waals surface area contributed by atoms with Crippen LogP contribution in [-0.2, 0) is 11.2 Å². The number of rotatable bonds is 4. The van der Waals surface area contributed by atoms with Gasteiger partial charge in [0.05, 0.1) is 0 Å². The summed E-state index contributed by atoms with van der Waals surface area (Å²) in [7, 11) is 0. The van der Waals surface area contributed by atoms with Crippen LogP contribution < -0.4 is 11.1 Å². The van der Waals surface area contributed by atoms with Gasteiger partial charge in [0.25, 0.3) is 0 Å². The summed E-state index contributed by atoms with van der Waals surface area (Å²) in [5, 5.41) is 4.23. The summed E-state index contributed by atoms with van der Waals surface area (Å²) in [6.07, 6.45) is 6.34. The molecule has 2 atom stereocenters. The average molecular weight is 326 g/mol. The van der Waals surface area contributed by atoms with Crippen LogP contribution in [0.25, 0.3) is 11.0 Å². The van der Waals surface area contributed by atoms with Crippen molar-refractivity contribution in [2.75, 3.05) is 6.54 Å². The normalized spacial score (nSPS) is 29.5. The van der Waals surface area contributed by atoms with Gasteiger partial charge in [0.15, 0.2) is 0 Å². The molecular formula is C20H26N2O2. The minimum Gasteiger partial charge on any atom is -0.461 e. The van der Waals surface area contributed by atoms with E-state index in [0.29, 0.717) is 24.4 Å². The monoisotopic (exact) mass is 326 g/mol. The standard InChI is InChI=1S/C20H26N2O2/c21-19-14-5-3-6-15(19)11-16(10-14)20(23)22-9-8-17-12-13-4-1-2-7-18(13)24-17/h1-2,4,7,12,14-16,19H,3,5-6,8-11,21H2,(H,22,23). The Labute approximate surface area is 142 Å². The number of furan rings is 1. The van der Waals surface area contributed by atoms with Gasteiger partial charge in [-0.1, -0.05) is 24.6 Å². The highest BCUT2D eigenvalue weighted by molar-refractivity contribution is 5.79. The van der Waals surface area contributed by atoms with E-state index < -0.39 is 0 Å². The van der Waals surface area contributed by atoms with Gasteiger partial charge in [-0.05, 0) is 49.7 Å². The number of para-hydroxylation sites is 1. The lowest BCUT2D eigenvalue weighted by atomic mass is 9.65. The van der Waals surface area contributed by atoms with E-state index in [1.165, 1.54) is 19.3 Å². The number of nitrogens with one attached hydrogen (secondary N) is 1. The Hall–Kier alpha value is -1.81. The Morgan fingerprint density at radius 1 is 1.21 bits per heavy atom. The molecule has 24 heavy (non-hydrogen) atoms. The molecule has 2 saturated carbocycles. The molecular weight excluding hydrogens is 300 g/mol. The Bertz CT molecular complexity index is 676. The number of amides is 1. The highest BCUT2D eigenvalue weighted by Crippen LogP contribution is 2.41. The van der Waals surface area contributed by atoms with Gasteiger partial charge in [-0.3, -0.25) is 4.79 Å². The van der Waals surface area contributed by atoms with Crippen LogP contribution in [0, 0.1) is 17.8 Å². The van der Waals surface area contributed by atoms with Gasteiger partial charge < -0.3 is 15.5 Å². The molecule has 0 saturated heterocycles. The van der Waals surface area contributed by atoms with Gasteiger partial charge in [0, 0.05) is 30.3 Å². The van der Waals surface area contributed by atoms with Crippen molar-refractivity contribution >= 4 is 16.9 Å². The lowest BCUT2D eigenvalue weighted by molar-refractivity contribution is -0.127. The first-order valence-corrected chi connectivity index (χ1v) is 9.21. The van der Waals surface area contributed by atoms with Gasteiger partial charge in [-0.2, -0.15) is 0 Å². The molecule has 2 unspecified atom stereocenters. The van der Waals surface area contributed by atoms with Crippen molar-refractivity contribution in [3.05, 3.63) is 36.1 Å². The minimum absolute atomic E-state index is 0.149. The second-order valence-electron chi connectivity index (χ2n) is 7.49. The molecule has 4 heteroatoms. The largest absolute Gasteiger partial charge is 0.461 e. The van der Waals surface area contributed by atoms with Crippen molar-refractivity contribution in [1.29, 1.82) is 0 Å². The number of benzene rings is 1. The van der Waals surface area contributed by atoms with E-state index in [1.54, 1.807) is 0 Å². The van der Waals surface area contributed by atoms with Crippen molar-refractivity contribution in [2.24, 2.45) is 23.5 Å². The molecule has 3 N–H and O–H groups in total. The quantitative estimate of drug-likeness (QED) is 0.906. The first-order valence-electron chi connectivity index (χ1n) is 9.21. The SMILES string of the molecule is NC1C2CCCC1CC(C(=O)NCCc1cc3ccccc3o1)C2. The van der Waals surface area contributed by atoms with Crippen molar-refractivity contribution in [3.63, 3.8) is 0 Å². The number of nitrogens with two attached hydrogens (primary N) is 1. The van der Waals surface area contributed by atoms with Crippen LogP contribution in [0.4, 0.5) is 0 Å². The molecule has 2 aliphatic rings. The molecule has 0 spiro atoms. The summed E-state index contributed by atoms with van der Waals surface area (Å²) < 4.78 is 5.80. The Morgan fingerprint density at radius 3 is 2.71 bits per heavy atom. The second kappa shape index (κ2) is 6.60. The van der Waals surface area contributed by atoms with E-state index in [0.717, 1.165) is 36.0 Å². The molecule has 0 radical (unpaired) electrons. The molecule has 0 aliphatic heterocycles. The van der Waals surface area contributed by atoms with Crippen molar-refractivity contribution in [2.45, 2.75) is 44.6 Å². The highest BCUT2D eigenvalue weighted by atomic mass is 16.3. The predicted molar refractivity (Wildman–Crippen MR) is 94.5 cm³/mol. The summed E-state index contributed by atoms with van der Waals surface area (Å²) in [6.45, 7) is 0.635. The molecule has 1 aromatic heterocycles. The number of carbonyl (C=O) groups is 1. The summed E-state index contributed by atoms with van der Waals surface area (Å²) in [4.78, 5) is 12.5. The van der Waals surface area contributed by atoms with Crippen LogP contribution in [0.5, 0.6) is 0 Å². The minimum atomic E-state index is 0.149. The van der Waals surface area contributed by atoms with Crippen LogP contribution in [-0.4, -0.2) is 18.5 Å². The molecule has 4 nitrogen and oxygen atoms in total. The molecule has 1 heterocycles. The first-order chi connectivity index (χ1) is 11.7. The fourth-order valence-electron chi connectivity index (χ4n) is 4.62. The molecule has 2 bridgehead atoms. The topological polar surface area (TPSA) is 68.3 Å². The second-order valence-corrected chi connectivity index (χ2v) is 7.49. The zero-order chi connectivity index (χ0) is 16.5. The number of carbonyl (C=O) groups excluding carboxylic acids is 1. The highest BCUT2D eigenvalue weighted by Gasteiger charge is 2.40. The number of hydrogen-bond donors (Lipinski definition) is 2. The maximum atomic E-state index is 12.5. The lowest BCUT2D eigenvalue weighted by Crippen LogP contribution is -2.49. The summed E-state index contributed by atoms with van der Waals surface area (Å²) >= 11 is 0. The molecule has 2 fully saturated rings. The van der Waals surface area contributed by atoms with Crippen molar-refractivity contribution < 1.29 is 9.21 Å². The predicted octanol–water partition coefficient (Wildman–Crippen LogP) is 3.25. The van der Waals surface area contributed by atoms with Gasteiger partial charge in [-0.15, -0.1) is 0 Å². The van der Waals surface area contributed by atoms with Crippen LogP contribution in [0.2, 0.25) is 0 Å². The van der Waals surface area contributed by atoms with E-state index in [4.69, 9.17) is 10.2 Å². The van der Waals surface area contributed by atoms with E-state index in [2.05, 4.69) is 11.4 Å². The van der Waals surface area contributed by atoms with Crippen LogP contribution >= 0.6 is 0 Å². The fourth-order valence-corrected chi connectivity index (χ4v) is 4.62. The third-order valence-electron chi connectivity index (χ3n) is 5.93. The first kappa shape index (κ1) is 15.7. The summed E-state index contributed by atoms with van der Waals surface area (Å²) in [5.41, 5.74) is 7.23. The molecule has 1 amide bonds. The van der Waals surface area contributed by atoms with E-state index in [1.807, 2.05) is 24.3 Å². The Morgan fingerprint density at radius 2 is 1.96 bits per heavy atom. The maximum absolute atomic E-state index is 12.5. The van der Waals surface area contributed by atoms with E-state index in [-0.39, 0.29) is 11.8 Å². The van der Waals surface area contributed by atoms with Crippen LogP contribution in [0.3, 0.4) is 0 Å². The zero-order valence-electron chi connectivity index (χ0n) is 14.0. The zero-order valence-corrected chi connectivity index (χ0v) is 14.0. The molecule has 1 aromatic carbocycles. The van der Waals surface area contributed by atoms with Gasteiger partial charge in [0.2, 0.25) is 5.91 Å². The third kappa shape index (κ3) is 3.07. The number of hydrogen-bond acceptors (Lipinski definition) is 3.